The highest BCUT2D eigenvalue weighted by Gasteiger charge is 2.30. The summed E-state index contributed by atoms with van der Waals surface area (Å²) in [6, 6.07) is 16.8. The molecule has 2 heterocycles. The molecule has 4 rings (SSSR count). The van der Waals surface area contributed by atoms with Crippen LogP contribution in [-0.2, 0) is 14.4 Å². The predicted octanol–water partition coefficient (Wildman–Crippen LogP) is 3.46. The molecule has 1 N–H and O–H groups in total. The maximum Gasteiger partial charge on any atom is 0.229 e. The van der Waals surface area contributed by atoms with Crippen molar-refractivity contribution in [1.29, 1.82) is 0 Å². The molecule has 3 amide bonds. The minimum Gasteiger partial charge on any atom is -0.493 e. The Labute approximate surface area is 188 Å². The molecular weight excluding hydrogens is 406 g/mol. The van der Waals surface area contributed by atoms with Crippen molar-refractivity contribution in [3.05, 3.63) is 54.6 Å². The summed E-state index contributed by atoms with van der Waals surface area (Å²) in [5, 5.41) is 3.01. The van der Waals surface area contributed by atoms with Crippen LogP contribution in [0.3, 0.4) is 0 Å². The number of anilines is 2. The fourth-order valence-electron chi connectivity index (χ4n) is 4.30. The normalized spacial score (nSPS) is 18.5. The van der Waals surface area contributed by atoms with Gasteiger partial charge in [-0.2, -0.15) is 0 Å². The van der Waals surface area contributed by atoms with Crippen molar-refractivity contribution in [3.8, 4) is 5.75 Å². The Balaban J connectivity index is 1.32. The van der Waals surface area contributed by atoms with E-state index in [4.69, 9.17) is 4.74 Å². The van der Waals surface area contributed by atoms with Crippen LogP contribution >= 0.6 is 0 Å². The van der Waals surface area contributed by atoms with E-state index < -0.39 is 0 Å². The molecule has 0 aromatic heterocycles. The zero-order valence-corrected chi connectivity index (χ0v) is 18.2. The van der Waals surface area contributed by atoms with E-state index in [0.29, 0.717) is 38.3 Å². The van der Waals surface area contributed by atoms with Gasteiger partial charge in [0.2, 0.25) is 17.7 Å². The van der Waals surface area contributed by atoms with Crippen molar-refractivity contribution in [2.45, 2.75) is 32.1 Å². The van der Waals surface area contributed by atoms with Crippen molar-refractivity contribution < 1.29 is 19.1 Å². The number of nitrogens with zero attached hydrogens (tertiary/aromatic N) is 2. The molecule has 2 fully saturated rings. The maximum atomic E-state index is 13.0. The summed E-state index contributed by atoms with van der Waals surface area (Å²) in [5.74, 6) is 0.443. The Kier molecular flexibility index (Phi) is 7.04. The third-order valence-electron chi connectivity index (χ3n) is 6.00. The van der Waals surface area contributed by atoms with Gasteiger partial charge in [0.25, 0.3) is 0 Å². The first-order valence-electron chi connectivity index (χ1n) is 11.3. The standard InChI is InChI=1S/C25H29N3O4/c29-23(14-17-32-20-9-2-1-3-10-20)27-15-6-8-19(18-27)25(31)26-21-11-4-5-12-22(21)28-16-7-13-24(28)30/h1-5,9-12,19H,6-8,13-18H2,(H,26,31). The largest absolute Gasteiger partial charge is 0.493 e. The van der Waals surface area contributed by atoms with Crippen LogP contribution in [0.25, 0.3) is 0 Å². The van der Waals surface area contributed by atoms with Gasteiger partial charge in [-0.05, 0) is 43.5 Å². The van der Waals surface area contributed by atoms with E-state index in [-0.39, 0.29) is 30.1 Å². The van der Waals surface area contributed by atoms with Crippen LogP contribution in [0, 0.1) is 5.92 Å². The van der Waals surface area contributed by atoms with Crippen LogP contribution in [0.1, 0.15) is 32.1 Å². The monoisotopic (exact) mass is 435 g/mol. The van der Waals surface area contributed by atoms with Crippen LogP contribution < -0.4 is 15.0 Å². The number of carbonyl (C=O) groups excluding carboxylic acids is 3. The molecule has 7 nitrogen and oxygen atoms in total. The first-order chi connectivity index (χ1) is 15.6. The molecule has 0 radical (unpaired) electrons. The number of nitrogens with one attached hydrogen (secondary N) is 1. The van der Waals surface area contributed by atoms with E-state index in [1.807, 2.05) is 54.6 Å². The van der Waals surface area contributed by atoms with Crippen LogP contribution in [-0.4, -0.2) is 48.9 Å². The number of hydrogen-bond acceptors (Lipinski definition) is 4. The molecule has 1 atom stereocenters. The number of hydrogen-bond donors (Lipinski definition) is 1. The summed E-state index contributed by atoms with van der Waals surface area (Å²) in [6.45, 7) is 2.05. The summed E-state index contributed by atoms with van der Waals surface area (Å²) in [4.78, 5) is 41.3. The molecule has 32 heavy (non-hydrogen) atoms. The van der Waals surface area contributed by atoms with Gasteiger partial charge in [-0.15, -0.1) is 0 Å². The molecule has 0 bridgehead atoms. The molecular formula is C25H29N3O4. The van der Waals surface area contributed by atoms with Gasteiger partial charge in [0.15, 0.2) is 0 Å². The molecule has 2 saturated heterocycles. The molecule has 168 valence electrons. The molecule has 1 unspecified atom stereocenters. The van der Waals surface area contributed by atoms with Gasteiger partial charge in [-0.3, -0.25) is 14.4 Å². The van der Waals surface area contributed by atoms with E-state index in [9.17, 15) is 14.4 Å². The average molecular weight is 436 g/mol. The van der Waals surface area contributed by atoms with Gasteiger partial charge in [0.1, 0.15) is 5.75 Å². The lowest BCUT2D eigenvalue weighted by atomic mass is 9.96. The predicted molar refractivity (Wildman–Crippen MR) is 123 cm³/mol. The first-order valence-corrected chi connectivity index (χ1v) is 11.3. The highest BCUT2D eigenvalue weighted by Crippen LogP contribution is 2.30. The van der Waals surface area contributed by atoms with Gasteiger partial charge in [-0.25, -0.2) is 0 Å². The molecule has 2 aromatic rings. The van der Waals surface area contributed by atoms with Crippen molar-refractivity contribution in [3.63, 3.8) is 0 Å². The van der Waals surface area contributed by atoms with Gasteiger partial charge < -0.3 is 19.9 Å². The average Bonchev–Trinajstić information content (AvgIpc) is 3.25. The van der Waals surface area contributed by atoms with Gasteiger partial charge in [-0.1, -0.05) is 30.3 Å². The minimum atomic E-state index is -0.273. The second-order valence-corrected chi connectivity index (χ2v) is 8.25. The van der Waals surface area contributed by atoms with Gasteiger partial charge in [0.05, 0.1) is 30.3 Å². The summed E-state index contributed by atoms with van der Waals surface area (Å²) in [6.07, 6.45) is 3.17. The van der Waals surface area contributed by atoms with Crippen LogP contribution in [0.15, 0.2) is 54.6 Å². The Morgan fingerprint density at radius 3 is 2.56 bits per heavy atom. The fourth-order valence-corrected chi connectivity index (χ4v) is 4.30. The first kappa shape index (κ1) is 21.9. The highest BCUT2D eigenvalue weighted by atomic mass is 16.5. The Bertz CT molecular complexity index is 963. The van der Waals surface area contributed by atoms with Crippen LogP contribution in [0.2, 0.25) is 0 Å². The SMILES string of the molecule is O=C(Nc1ccccc1N1CCCC1=O)C1CCCN(C(=O)CCOc2ccccc2)C1. The quantitative estimate of drug-likeness (QED) is 0.722. The molecule has 2 aliphatic rings. The topological polar surface area (TPSA) is 79.0 Å². The number of likely N-dealkylation sites (tertiary alicyclic amines) is 1. The number of benzene rings is 2. The van der Waals surface area contributed by atoms with E-state index in [1.54, 1.807) is 9.80 Å². The summed E-state index contributed by atoms with van der Waals surface area (Å²) >= 11 is 0. The zero-order chi connectivity index (χ0) is 22.3. The number of rotatable bonds is 7. The third-order valence-corrected chi connectivity index (χ3v) is 6.00. The lowest BCUT2D eigenvalue weighted by molar-refractivity contribution is -0.135. The molecule has 0 spiro atoms. The number of ether oxygens (including phenoxy) is 1. The summed E-state index contributed by atoms with van der Waals surface area (Å²) in [5.41, 5.74) is 1.39. The Morgan fingerprint density at radius 1 is 1.00 bits per heavy atom. The third kappa shape index (κ3) is 5.28. The summed E-state index contributed by atoms with van der Waals surface area (Å²) < 4.78 is 5.63. The van der Waals surface area contributed by atoms with E-state index in [0.717, 1.165) is 30.7 Å². The fraction of sp³-hybridized carbons (Fsp3) is 0.400. The van der Waals surface area contributed by atoms with Gasteiger partial charge >= 0.3 is 0 Å². The van der Waals surface area contributed by atoms with Crippen LogP contribution in [0.4, 0.5) is 11.4 Å². The molecule has 0 saturated carbocycles. The molecule has 2 aliphatic heterocycles. The smallest absolute Gasteiger partial charge is 0.229 e. The van der Waals surface area contributed by atoms with Crippen molar-refractivity contribution >= 4 is 29.1 Å². The van der Waals surface area contributed by atoms with Crippen LogP contribution in [0.5, 0.6) is 5.75 Å². The number of carbonyl (C=O) groups is 3. The second-order valence-electron chi connectivity index (χ2n) is 8.25. The minimum absolute atomic E-state index is 0.00138. The van der Waals surface area contributed by atoms with Crippen molar-refractivity contribution in [2.24, 2.45) is 5.92 Å². The molecule has 2 aromatic carbocycles. The lowest BCUT2D eigenvalue weighted by Crippen LogP contribution is -2.44. The molecule has 7 heteroatoms. The van der Waals surface area contributed by atoms with E-state index >= 15 is 0 Å². The highest BCUT2D eigenvalue weighted by molar-refractivity contribution is 6.02. The zero-order valence-electron chi connectivity index (χ0n) is 18.2. The van der Waals surface area contributed by atoms with Gasteiger partial charge in [0, 0.05) is 26.1 Å². The Morgan fingerprint density at radius 2 is 1.78 bits per heavy atom. The van der Waals surface area contributed by atoms with E-state index in [1.165, 1.54) is 0 Å². The maximum absolute atomic E-state index is 13.0. The van der Waals surface area contributed by atoms with Crippen molar-refractivity contribution in [1.82, 2.24) is 4.90 Å². The summed E-state index contributed by atoms with van der Waals surface area (Å²) in [7, 11) is 0. The number of piperidine rings is 1. The lowest BCUT2D eigenvalue weighted by Gasteiger charge is -2.32. The molecule has 0 aliphatic carbocycles. The number of para-hydroxylation sites is 3. The van der Waals surface area contributed by atoms with Crippen molar-refractivity contribution in [2.75, 3.05) is 36.5 Å². The second kappa shape index (κ2) is 10.3. The van der Waals surface area contributed by atoms with E-state index in [2.05, 4.69) is 5.32 Å². The number of amides is 3. The Hall–Kier alpha value is -3.35.